The van der Waals surface area contributed by atoms with E-state index in [1.165, 1.54) is 0 Å². The van der Waals surface area contributed by atoms with E-state index in [1.807, 2.05) is 0 Å². The lowest BCUT2D eigenvalue weighted by atomic mass is 10.0. The summed E-state index contributed by atoms with van der Waals surface area (Å²) in [6, 6.07) is -2.13. The van der Waals surface area contributed by atoms with Crippen LogP contribution < -0.4 is 5.73 Å². The van der Waals surface area contributed by atoms with Crippen molar-refractivity contribution in [1.29, 1.82) is 0 Å². The molecular weight excluding hydrogens is 317 g/mol. The van der Waals surface area contributed by atoms with E-state index in [0.717, 1.165) is 4.90 Å². The monoisotopic (exact) mass is 330 g/mol. The second-order valence-electron chi connectivity index (χ2n) is 4.88. The van der Waals surface area contributed by atoms with Crippen LogP contribution in [-0.4, -0.2) is 66.0 Å². The van der Waals surface area contributed by atoms with Crippen LogP contribution in [0.3, 0.4) is 0 Å². The summed E-state index contributed by atoms with van der Waals surface area (Å²) in [6.07, 6.45) is -4.37. The lowest BCUT2D eigenvalue weighted by Gasteiger charge is -2.29. The second-order valence-corrected chi connectivity index (χ2v) is 6.52. The first-order valence-electron chi connectivity index (χ1n) is 5.93. The predicted molar refractivity (Wildman–Crippen MR) is 64.0 cm³/mol. The zero-order valence-corrected chi connectivity index (χ0v) is 11.4. The minimum Gasteiger partial charge on any atom is -0.385 e. The first-order chi connectivity index (χ1) is 9.50. The Hall–Kier alpha value is -1.56. The maximum absolute atomic E-state index is 12.1. The van der Waals surface area contributed by atoms with Gasteiger partial charge in [0.1, 0.15) is 5.84 Å². The van der Waals surface area contributed by atoms with Crippen molar-refractivity contribution >= 4 is 21.9 Å². The van der Waals surface area contributed by atoms with Gasteiger partial charge in [0.25, 0.3) is 10.0 Å². The van der Waals surface area contributed by atoms with Gasteiger partial charge in [-0.1, -0.05) is 0 Å². The molecule has 0 aliphatic carbocycles. The van der Waals surface area contributed by atoms with Gasteiger partial charge in [-0.15, -0.1) is 4.40 Å². The topological polar surface area (TPSA) is 116 Å². The third kappa shape index (κ3) is 3.37. The van der Waals surface area contributed by atoms with Gasteiger partial charge in [0, 0.05) is 6.54 Å². The van der Waals surface area contributed by atoms with Crippen molar-refractivity contribution in [2.45, 2.75) is 31.1 Å². The Bertz CT molecular complexity index is 576. The third-order valence-corrected chi connectivity index (χ3v) is 4.46. The number of fused-ring (bicyclic) bond motifs is 2. The largest absolute Gasteiger partial charge is 0.404 e. The van der Waals surface area contributed by atoms with Crippen molar-refractivity contribution in [3.05, 3.63) is 0 Å². The van der Waals surface area contributed by atoms with Crippen LogP contribution in [0.15, 0.2) is 4.40 Å². The standard InChI is InChI=1S/C9H13F3N4O4S/c10-9(11,12)4-21(19,20)14-7(13)6-2-1-5-3-15(6)8(17)16(5)18/h5-6,18H,1-4H2,(H2,13,14)/t5-,6+/m1/s1. The Kier molecular flexibility index (Phi) is 3.78. The van der Waals surface area contributed by atoms with Gasteiger partial charge in [0.05, 0.1) is 12.1 Å². The molecule has 120 valence electrons. The molecule has 2 aliphatic heterocycles. The Labute approximate surface area is 118 Å². The number of halogens is 3. The van der Waals surface area contributed by atoms with E-state index in [9.17, 15) is 31.6 Å². The van der Waals surface area contributed by atoms with Gasteiger partial charge < -0.3 is 10.6 Å². The number of hydroxylamine groups is 2. The van der Waals surface area contributed by atoms with Crippen LogP contribution in [0.4, 0.5) is 18.0 Å². The summed E-state index contributed by atoms with van der Waals surface area (Å²) in [5, 5.41) is 9.96. The summed E-state index contributed by atoms with van der Waals surface area (Å²) in [4.78, 5) is 12.8. The number of sulfonamides is 1. The van der Waals surface area contributed by atoms with Crippen LogP contribution >= 0.6 is 0 Å². The number of amides is 2. The fourth-order valence-electron chi connectivity index (χ4n) is 2.42. The Morgan fingerprint density at radius 3 is 2.62 bits per heavy atom. The minimum atomic E-state index is -4.92. The van der Waals surface area contributed by atoms with E-state index < -0.39 is 45.9 Å². The molecule has 2 amide bonds. The molecule has 0 unspecified atom stereocenters. The number of carbonyl (C=O) groups excluding carboxylic acids is 1. The van der Waals surface area contributed by atoms with Crippen molar-refractivity contribution in [3.8, 4) is 0 Å². The van der Waals surface area contributed by atoms with Gasteiger partial charge in [-0.25, -0.2) is 18.3 Å². The van der Waals surface area contributed by atoms with Crippen LogP contribution in [0.25, 0.3) is 0 Å². The number of nitrogens with two attached hydrogens (primary N) is 1. The smallest absolute Gasteiger partial charge is 0.385 e. The first kappa shape index (κ1) is 15.8. The number of nitrogens with zero attached hydrogens (tertiary/aromatic N) is 3. The number of hydrogen-bond donors (Lipinski definition) is 2. The maximum atomic E-state index is 12.1. The molecule has 2 aliphatic rings. The summed E-state index contributed by atoms with van der Waals surface area (Å²) >= 11 is 0. The Morgan fingerprint density at radius 2 is 2.05 bits per heavy atom. The van der Waals surface area contributed by atoms with Gasteiger partial charge in [-0.2, -0.15) is 13.2 Å². The summed E-state index contributed by atoms with van der Waals surface area (Å²) in [5.41, 5.74) is 5.46. The van der Waals surface area contributed by atoms with Gasteiger partial charge in [0.2, 0.25) is 0 Å². The van der Waals surface area contributed by atoms with Crippen molar-refractivity contribution in [2.24, 2.45) is 10.1 Å². The van der Waals surface area contributed by atoms with Crippen LogP contribution in [0.2, 0.25) is 0 Å². The zero-order valence-electron chi connectivity index (χ0n) is 10.6. The molecule has 2 rings (SSSR count). The maximum Gasteiger partial charge on any atom is 0.404 e. The van der Waals surface area contributed by atoms with Crippen molar-refractivity contribution in [2.75, 3.05) is 12.3 Å². The van der Waals surface area contributed by atoms with Crippen LogP contribution in [0.1, 0.15) is 12.8 Å². The van der Waals surface area contributed by atoms with Crippen LogP contribution in [0, 0.1) is 0 Å². The van der Waals surface area contributed by atoms with Gasteiger partial charge >= 0.3 is 12.2 Å². The van der Waals surface area contributed by atoms with E-state index in [0.29, 0.717) is 11.5 Å². The fraction of sp³-hybridized carbons (Fsp3) is 0.778. The number of alkyl halides is 3. The minimum absolute atomic E-state index is 0.121. The molecular formula is C9H13F3N4O4S. The summed E-state index contributed by atoms with van der Waals surface area (Å²) < 4.78 is 61.9. The number of rotatable bonds is 3. The predicted octanol–water partition coefficient (Wildman–Crippen LogP) is -0.106. The number of piperidine rings is 1. The molecule has 0 spiro atoms. The molecule has 12 heteroatoms. The molecule has 2 fully saturated rings. The Balaban J connectivity index is 2.18. The lowest BCUT2D eigenvalue weighted by molar-refractivity contribution is -0.106. The summed E-state index contributed by atoms with van der Waals surface area (Å²) in [5.74, 6) is -2.70. The SMILES string of the molecule is NC(=NS(=O)(=O)CC(F)(F)F)[C@@H]1CC[C@@H]2CN1C(=O)N2O. The van der Waals surface area contributed by atoms with E-state index in [1.54, 1.807) is 0 Å². The van der Waals surface area contributed by atoms with Crippen LogP contribution in [0.5, 0.6) is 0 Å². The lowest BCUT2D eigenvalue weighted by Crippen LogP contribution is -2.48. The van der Waals surface area contributed by atoms with E-state index in [-0.39, 0.29) is 13.0 Å². The molecule has 2 bridgehead atoms. The van der Waals surface area contributed by atoms with Crippen molar-refractivity contribution < 1.29 is 31.6 Å². The van der Waals surface area contributed by atoms with E-state index in [4.69, 9.17) is 5.73 Å². The average molecular weight is 330 g/mol. The highest BCUT2D eigenvalue weighted by atomic mass is 32.2. The highest BCUT2D eigenvalue weighted by molar-refractivity contribution is 7.90. The average Bonchev–Trinajstić information content (AvgIpc) is 2.51. The highest BCUT2D eigenvalue weighted by Gasteiger charge is 2.46. The van der Waals surface area contributed by atoms with Gasteiger partial charge in [-0.05, 0) is 12.8 Å². The molecule has 0 radical (unpaired) electrons. The quantitative estimate of drug-likeness (QED) is 0.426. The van der Waals surface area contributed by atoms with Crippen LogP contribution in [-0.2, 0) is 10.0 Å². The fourth-order valence-corrected chi connectivity index (χ4v) is 3.34. The van der Waals surface area contributed by atoms with Crippen molar-refractivity contribution in [1.82, 2.24) is 9.96 Å². The molecule has 21 heavy (non-hydrogen) atoms. The molecule has 2 heterocycles. The molecule has 2 atom stereocenters. The summed E-state index contributed by atoms with van der Waals surface area (Å²) in [7, 11) is -4.81. The molecule has 8 nitrogen and oxygen atoms in total. The Morgan fingerprint density at radius 1 is 1.43 bits per heavy atom. The zero-order chi connectivity index (χ0) is 16.0. The number of urea groups is 1. The van der Waals surface area contributed by atoms with Crippen molar-refractivity contribution in [3.63, 3.8) is 0 Å². The normalized spacial score (nSPS) is 27.4. The number of hydrogen-bond acceptors (Lipinski definition) is 4. The molecule has 0 aromatic carbocycles. The number of carbonyl (C=O) groups is 1. The third-order valence-electron chi connectivity index (χ3n) is 3.28. The second kappa shape index (κ2) is 5.02. The molecule has 3 N–H and O–H groups in total. The number of amidine groups is 1. The highest BCUT2D eigenvalue weighted by Crippen LogP contribution is 2.28. The molecule has 2 saturated heterocycles. The first-order valence-corrected chi connectivity index (χ1v) is 7.54. The van der Waals surface area contributed by atoms with Gasteiger partial charge in [-0.3, -0.25) is 5.21 Å². The molecule has 0 saturated carbocycles. The summed E-state index contributed by atoms with van der Waals surface area (Å²) in [6.45, 7) is 0.121. The van der Waals surface area contributed by atoms with E-state index >= 15 is 0 Å². The molecule has 0 aromatic rings. The molecule has 0 aromatic heterocycles. The van der Waals surface area contributed by atoms with Gasteiger partial charge in [0.15, 0.2) is 5.75 Å². The van der Waals surface area contributed by atoms with E-state index in [2.05, 4.69) is 4.40 Å².